The first-order valence-corrected chi connectivity index (χ1v) is 4.84. The van der Waals surface area contributed by atoms with Crippen LogP contribution in [-0.4, -0.2) is 23.9 Å². The number of hydrogen-bond acceptors (Lipinski definition) is 2. The molecular formula is C9H14N2O2. The minimum absolute atomic E-state index is 0.00694. The summed E-state index contributed by atoms with van der Waals surface area (Å²) in [5.74, 6) is -0.265. The van der Waals surface area contributed by atoms with E-state index < -0.39 is 0 Å². The Morgan fingerprint density at radius 1 is 0.923 bits per heavy atom. The van der Waals surface area contributed by atoms with Gasteiger partial charge in [0.05, 0.1) is 0 Å². The van der Waals surface area contributed by atoms with Crippen molar-refractivity contribution in [3.8, 4) is 0 Å². The standard InChI is InChI=1S/C9H14N2O2/c12-8-5-9(13)11-7-4-2-1-3-6(7)10-8/h6-7H,1-5H2,(H,10,12)(H,11,13)/t6-,7+. The Bertz CT molecular complexity index is 216. The molecule has 2 amide bonds. The van der Waals surface area contributed by atoms with Crippen LogP contribution in [0.1, 0.15) is 32.1 Å². The van der Waals surface area contributed by atoms with Gasteiger partial charge in [0.1, 0.15) is 6.42 Å². The molecule has 2 rings (SSSR count). The van der Waals surface area contributed by atoms with Gasteiger partial charge in [-0.25, -0.2) is 0 Å². The summed E-state index contributed by atoms with van der Waals surface area (Å²) in [7, 11) is 0. The second kappa shape index (κ2) is 3.36. The lowest BCUT2D eigenvalue weighted by molar-refractivity contribution is -0.128. The fourth-order valence-electron chi connectivity index (χ4n) is 2.14. The molecule has 13 heavy (non-hydrogen) atoms. The third-order valence-corrected chi connectivity index (χ3v) is 2.78. The van der Waals surface area contributed by atoms with Crippen molar-refractivity contribution in [3.05, 3.63) is 0 Å². The van der Waals surface area contributed by atoms with E-state index in [9.17, 15) is 9.59 Å². The zero-order chi connectivity index (χ0) is 9.26. The lowest BCUT2D eigenvalue weighted by Crippen LogP contribution is -2.48. The van der Waals surface area contributed by atoms with Crippen LogP contribution in [0.4, 0.5) is 0 Å². The minimum Gasteiger partial charge on any atom is -0.351 e. The monoisotopic (exact) mass is 182 g/mol. The second-order valence-electron chi connectivity index (χ2n) is 3.81. The predicted octanol–water partition coefficient (Wildman–Crippen LogP) is -0.0663. The Hall–Kier alpha value is -1.06. The van der Waals surface area contributed by atoms with Gasteiger partial charge in [0.15, 0.2) is 0 Å². The maximum Gasteiger partial charge on any atom is 0.229 e. The van der Waals surface area contributed by atoms with E-state index in [0.29, 0.717) is 0 Å². The molecular weight excluding hydrogens is 168 g/mol. The van der Waals surface area contributed by atoms with Crippen LogP contribution in [0.3, 0.4) is 0 Å². The summed E-state index contributed by atoms with van der Waals surface area (Å²) in [4.78, 5) is 22.4. The maximum absolute atomic E-state index is 11.2. The van der Waals surface area contributed by atoms with Gasteiger partial charge in [0.25, 0.3) is 0 Å². The molecule has 0 unspecified atom stereocenters. The number of carbonyl (C=O) groups excluding carboxylic acids is 2. The maximum atomic E-state index is 11.2. The van der Waals surface area contributed by atoms with Crippen LogP contribution < -0.4 is 10.6 Å². The zero-order valence-corrected chi connectivity index (χ0v) is 7.51. The molecule has 0 aromatic rings. The summed E-state index contributed by atoms with van der Waals surface area (Å²) in [6.07, 6.45) is 4.29. The van der Waals surface area contributed by atoms with E-state index in [1.807, 2.05) is 0 Å². The Balaban J connectivity index is 2.09. The molecule has 72 valence electrons. The molecule has 0 aromatic carbocycles. The number of carbonyl (C=O) groups is 2. The highest BCUT2D eigenvalue weighted by molar-refractivity contribution is 5.98. The van der Waals surface area contributed by atoms with Gasteiger partial charge < -0.3 is 10.6 Å². The van der Waals surface area contributed by atoms with Gasteiger partial charge in [0.2, 0.25) is 11.8 Å². The second-order valence-corrected chi connectivity index (χ2v) is 3.81. The molecule has 0 aromatic heterocycles. The van der Waals surface area contributed by atoms with Gasteiger partial charge in [-0.1, -0.05) is 12.8 Å². The lowest BCUT2D eigenvalue weighted by Gasteiger charge is -2.30. The van der Waals surface area contributed by atoms with E-state index in [1.54, 1.807) is 0 Å². The third-order valence-electron chi connectivity index (χ3n) is 2.78. The summed E-state index contributed by atoms with van der Waals surface area (Å²) in [5, 5.41) is 5.78. The van der Waals surface area contributed by atoms with Crippen LogP contribution in [0, 0.1) is 0 Å². The van der Waals surface area contributed by atoms with Crippen molar-refractivity contribution < 1.29 is 9.59 Å². The molecule has 0 radical (unpaired) electrons. The fraction of sp³-hybridized carbons (Fsp3) is 0.778. The summed E-state index contributed by atoms with van der Waals surface area (Å²) in [6.45, 7) is 0. The van der Waals surface area contributed by atoms with Gasteiger partial charge in [-0.3, -0.25) is 9.59 Å². The number of amides is 2. The van der Waals surface area contributed by atoms with Crippen molar-refractivity contribution in [3.63, 3.8) is 0 Å². The molecule has 4 heteroatoms. The van der Waals surface area contributed by atoms with Gasteiger partial charge >= 0.3 is 0 Å². The molecule has 0 spiro atoms. The Morgan fingerprint density at radius 2 is 1.38 bits per heavy atom. The Labute approximate surface area is 77.1 Å². The van der Waals surface area contributed by atoms with E-state index >= 15 is 0 Å². The first-order chi connectivity index (χ1) is 6.25. The molecule has 1 saturated carbocycles. The zero-order valence-electron chi connectivity index (χ0n) is 7.51. The normalized spacial score (nSPS) is 34.2. The molecule has 2 N–H and O–H groups in total. The van der Waals surface area contributed by atoms with Gasteiger partial charge in [-0.05, 0) is 12.8 Å². The number of fused-ring (bicyclic) bond motifs is 1. The van der Waals surface area contributed by atoms with Crippen LogP contribution in [0.15, 0.2) is 0 Å². The SMILES string of the molecule is O=C1CC(=O)N[C@@H]2CCCC[C@@H]2N1. The van der Waals surface area contributed by atoms with E-state index in [-0.39, 0.29) is 30.3 Å². The number of hydrogen-bond donors (Lipinski definition) is 2. The summed E-state index contributed by atoms with van der Waals surface area (Å²) in [6, 6.07) is 0.348. The molecule has 0 bridgehead atoms. The average Bonchev–Trinajstić information content (AvgIpc) is 2.20. The Morgan fingerprint density at radius 3 is 1.85 bits per heavy atom. The van der Waals surface area contributed by atoms with Crippen LogP contribution in [0.25, 0.3) is 0 Å². The van der Waals surface area contributed by atoms with Crippen molar-refractivity contribution in [1.29, 1.82) is 0 Å². The van der Waals surface area contributed by atoms with Crippen molar-refractivity contribution >= 4 is 11.8 Å². The van der Waals surface area contributed by atoms with Gasteiger partial charge in [-0.2, -0.15) is 0 Å². The average molecular weight is 182 g/mol. The first kappa shape index (κ1) is 8.53. The molecule has 1 aliphatic carbocycles. The van der Waals surface area contributed by atoms with Crippen LogP contribution in [-0.2, 0) is 9.59 Å². The molecule has 2 aliphatic rings. The highest BCUT2D eigenvalue weighted by atomic mass is 16.2. The van der Waals surface area contributed by atoms with Crippen molar-refractivity contribution in [2.45, 2.75) is 44.2 Å². The summed E-state index contributed by atoms with van der Waals surface area (Å²) < 4.78 is 0. The fourth-order valence-corrected chi connectivity index (χ4v) is 2.14. The highest BCUT2D eigenvalue weighted by Gasteiger charge is 2.31. The first-order valence-electron chi connectivity index (χ1n) is 4.84. The molecule has 2 fully saturated rings. The van der Waals surface area contributed by atoms with E-state index in [2.05, 4.69) is 10.6 Å². The topological polar surface area (TPSA) is 58.2 Å². The highest BCUT2D eigenvalue weighted by Crippen LogP contribution is 2.20. The molecule has 1 aliphatic heterocycles. The molecule has 1 saturated heterocycles. The van der Waals surface area contributed by atoms with Gasteiger partial charge in [-0.15, -0.1) is 0 Å². The number of nitrogens with one attached hydrogen (secondary N) is 2. The van der Waals surface area contributed by atoms with Crippen LogP contribution in [0.2, 0.25) is 0 Å². The third kappa shape index (κ3) is 1.82. The summed E-state index contributed by atoms with van der Waals surface area (Å²) in [5.41, 5.74) is 0. The van der Waals surface area contributed by atoms with Crippen molar-refractivity contribution in [2.24, 2.45) is 0 Å². The quantitative estimate of drug-likeness (QED) is 0.515. The Kier molecular flexibility index (Phi) is 2.20. The molecule has 1 heterocycles. The van der Waals surface area contributed by atoms with E-state index in [0.717, 1.165) is 25.7 Å². The van der Waals surface area contributed by atoms with Crippen LogP contribution in [0.5, 0.6) is 0 Å². The van der Waals surface area contributed by atoms with Gasteiger partial charge in [0, 0.05) is 12.1 Å². The smallest absolute Gasteiger partial charge is 0.229 e. The summed E-state index contributed by atoms with van der Waals surface area (Å²) >= 11 is 0. The minimum atomic E-state index is -0.133. The molecule has 4 nitrogen and oxygen atoms in total. The van der Waals surface area contributed by atoms with Crippen molar-refractivity contribution in [1.82, 2.24) is 10.6 Å². The number of rotatable bonds is 0. The van der Waals surface area contributed by atoms with Crippen LogP contribution >= 0.6 is 0 Å². The molecule has 2 atom stereocenters. The van der Waals surface area contributed by atoms with E-state index in [4.69, 9.17) is 0 Å². The predicted molar refractivity (Wildman–Crippen MR) is 46.9 cm³/mol. The largest absolute Gasteiger partial charge is 0.351 e. The lowest BCUT2D eigenvalue weighted by atomic mass is 9.90. The van der Waals surface area contributed by atoms with E-state index in [1.165, 1.54) is 0 Å². The van der Waals surface area contributed by atoms with Crippen molar-refractivity contribution in [2.75, 3.05) is 0 Å².